The van der Waals surface area contributed by atoms with Crippen LogP contribution in [0.15, 0.2) is 48.8 Å². The number of halogens is 3. The minimum atomic E-state index is -4.57. The van der Waals surface area contributed by atoms with Gasteiger partial charge in [0, 0.05) is 23.6 Å². The number of alkyl halides is 3. The summed E-state index contributed by atoms with van der Waals surface area (Å²) in [6.07, 6.45) is -0.964. The number of rotatable bonds is 5. The molecule has 1 aliphatic rings. The molecular weight excluding hydrogens is 473 g/mol. The van der Waals surface area contributed by atoms with Crippen molar-refractivity contribution in [3.8, 4) is 11.1 Å². The van der Waals surface area contributed by atoms with Gasteiger partial charge in [0.05, 0.1) is 11.6 Å². The van der Waals surface area contributed by atoms with Gasteiger partial charge in [-0.3, -0.25) is 9.78 Å². The first-order valence-corrected chi connectivity index (χ1v) is 11.5. The number of hydrogen-bond acceptors (Lipinski definition) is 6. The molecule has 0 aliphatic heterocycles. The van der Waals surface area contributed by atoms with E-state index in [0.717, 1.165) is 29.0 Å². The van der Waals surface area contributed by atoms with E-state index in [-0.39, 0.29) is 12.4 Å². The predicted octanol–water partition coefficient (Wildman–Crippen LogP) is 5.71. The van der Waals surface area contributed by atoms with Gasteiger partial charge in [0.2, 0.25) is 5.95 Å². The molecule has 2 aromatic heterocycles. The predicted molar refractivity (Wildman–Crippen MR) is 127 cm³/mol. The third kappa shape index (κ3) is 5.33. The monoisotopic (exact) mass is 500 g/mol. The average Bonchev–Trinajstić information content (AvgIpc) is 2.77. The van der Waals surface area contributed by atoms with Crippen LogP contribution in [-0.4, -0.2) is 31.1 Å². The number of carboxylic acids is 1. The molecule has 3 N–H and O–H groups in total. The Morgan fingerprint density at radius 1 is 1.11 bits per heavy atom. The zero-order valence-electron chi connectivity index (χ0n) is 20.1. The molecule has 0 unspecified atom stereocenters. The molecule has 1 aromatic carbocycles. The largest absolute Gasteiger partial charge is 0.481 e. The Bertz CT molecular complexity index is 1280. The maximum Gasteiger partial charge on any atom is 0.433 e. The molecule has 2 heterocycles. The van der Waals surface area contributed by atoms with Gasteiger partial charge in [-0.2, -0.15) is 13.2 Å². The highest BCUT2D eigenvalue weighted by Crippen LogP contribution is 2.49. The molecule has 1 saturated carbocycles. The molecule has 3 aromatic rings. The average molecular weight is 501 g/mol. The molecule has 0 spiro atoms. The first-order chi connectivity index (χ1) is 16.8. The van der Waals surface area contributed by atoms with Gasteiger partial charge in [0.15, 0.2) is 0 Å². The number of anilines is 2. The van der Waals surface area contributed by atoms with E-state index < -0.39 is 34.8 Å². The summed E-state index contributed by atoms with van der Waals surface area (Å²) in [6, 6.07) is 9.78. The van der Waals surface area contributed by atoms with E-state index in [9.17, 15) is 28.2 Å². The van der Waals surface area contributed by atoms with E-state index in [0.29, 0.717) is 24.2 Å². The second-order valence-electron chi connectivity index (χ2n) is 10.0. The summed E-state index contributed by atoms with van der Waals surface area (Å²) in [4.78, 5) is 23.5. The molecule has 0 saturated heterocycles. The van der Waals surface area contributed by atoms with Crippen LogP contribution in [0.1, 0.15) is 50.1 Å². The van der Waals surface area contributed by atoms with Crippen molar-refractivity contribution >= 4 is 17.6 Å². The van der Waals surface area contributed by atoms with Crippen LogP contribution in [0.2, 0.25) is 0 Å². The summed E-state index contributed by atoms with van der Waals surface area (Å²) in [5.74, 6) is -1.56. The van der Waals surface area contributed by atoms with E-state index in [1.165, 1.54) is 0 Å². The van der Waals surface area contributed by atoms with Crippen LogP contribution in [0.3, 0.4) is 0 Å². The number of nitrogens with one attached hydrogen (secondary N) is 1. The second kappa shape index (κ2) is 9.16. The highest BCUT2D eigenvalue weighted by atomic mass is 19.4. The van der Waals surface area contributed by atoms with Crippen LogP contribution in [0.5, 0.6) is 0 Å². The lowest BCUT2D eigenvalue weighted by atomic mass is 9.62. The van der Waals surface area contributed by atoms with Crippen molar-refractivity contribution in [1.29, 1.82) is 0 Å². The fourth-order valence-corrected chi connectivity index (χ4v) is 4.98. The van der Waals surface area contributed by atoms with Gasteiger partial charge in [0.1, 0.15) is 11.3 Å². The van der Waals surface area contributed by atoms with E-state index in [1.807, 2.05) is 32.9 Å². The lowest BCUT2D eigenvalue weighted by molar-refractivity contribution is -0.154. The maximum atomic E-state index is 13.0. The van der Waals surface area contributed by atoms with Crippen LogP contribution in [0, 0.1) is 18.3 Å². The number of aliphatic hydroxyl groups is 1. The van der Waals surface area contributed by atoms with E-state index >= 15 is 0 Å². The summed E-state index contributed by atoms with van der Waals surface area (Å²) in [7, 11) is 0. The van der Waals surface area contributed by atoms with Crippen molar-refractivity contribution in [2.24, 2.45) is 11.3 Å². The first-order valence-electron chi connectivity index (χ1n) is 11.5. The molecule has 36 heavy (non-hydrogen) atoms. The number of carboxylic acid groups (broad SMARTS) is 1. The normalized spacial score (nSPS) is 21.7. The Balaban J connectivity index is 1.57. The third-order valence-electron chi connectivity index (χ3n) is 6.69. The number of aliphatic carboxylic acids is 1. The van der Waals surface area contributed by atoms with E-state index in [1.54, 1.807) is 24.4 Å². The Morgan fingerprint density at radius 2 is 1.86 bits per heavy atom. The van der Waals surface area contributed by atoms with Crippen LogP contribution in [0.25, 0.3) is 11.1 Å². The number of aryl methyl sites for hydroxylation is 1. The SMILES string of the molecule is Cc1cc(Nc2nccc(C(F)(F)F)n2)cc(-c2ccc([C@]3(O)CC[C@H](C(=O)O)C(C)(C)C3)nc2)c1. The summed E-state index contributed by atoms with van der Waals surface area (Å²) < 4.78 is 38.9. The third-order valence-corrected chi connectivity index (χ3v) is 6.69. The molecule has 10 heteroatoms. The number of carbonyl (C=O) groups is 1. The first kappa shape index (κ1) is 25.6. The number of nitrogens with zero attached hydrogens (tertiary/aromatic N) is 3. The van der Waals surface area contributed by atoms with Gasteiger partial charge in [-0.05, 0) is 67.0 Å². The summed E-state index contributed by atoms with van der Waals surface area (Å²) in [6.45, 7) is 5.55. The molecule has 7 nitrogen and oxygen atoms in total. The highest BCUT2D eigenvalue weighted by Gasteiger charge is 2.48. The van der Waals surface area contributed by atoms with Gasteiger partial charge >= 0.3 is 12.1 Å². The fourth-order valence-electron chi connectivity index (χ4n) is 4.98. The number of hydrogen-bond donors (Lipinski definition) is 3. The Hall–Kier alpha value is -3.53. The van der Waals surface area contributed by atoms with Crippen LogP contribution in [0.4, 0.5) is 24.8 Å². The van der Waals surface area contributed by atoms with Crippen molar-refractivity contribution in [1.82, 2.24) is 15.0 Å². The standard InChI is InChI=1S/C26H27F3N4O3/c1-15-10-17(12-18(11-15)32-23-30-9-7-21(33-23)26(27,28)29)16-4-5-20(31-13-16)25(36)8-6-19(22(34)35)24(2,3)14-25/h4-5,7,9-13,19,36H,6,8,14H2,1-3H3,(H,34,35)(H,30,32,33)/t19-,25+/m1/s1. The topological polar surface area (TPSA) is 108 Å². The van der Waals surface area contributed by atoms with Gasteiger partial charge in [0.25, 0.3) is 0 Å². The highest BCUT2D eigenvalue weighted by molar-refractivity contribution is 5.72. The van der Waals surface area contributed by atoms with Gasteiger partial charge in [-0.15, -0.1) is 0 Å². The lowest BCUT2D eigenvalue weighted by Gasteiger charge is -2.44. The van der Waals surface area contributed by atoms with Crippen molar-refractivity contribution in [2.75, 3.05) is 5.32 Å². The zero-order chi connectivity index (χ0) is 26.3. The van der Waals surface area contributed by atoms with Crippen LogP contribution >= 0.6 is 0 Å². The number of benzene rings is 1. The van der Waals surface area contributed by atoms with Gasteiger partial charge in [-0.25, -0.2) is 9.97 Å². The summed E-state index contributed by atoms with van der Waals surface area (Å²) in [5.41, 5.74) is 0.510. The Kier molecular flexibility index (Phi) is 6.51. The molecule has 1 aliphatic carbocycles. The van der Waals surface area contributed by atoms with Gasteiger partial charge in [-0.1, -0.05) is 26.0 Å². The Morgan fingerprint density at radius 3 is 2.47 bits per heavy atom. The molecule has 1 fully saturated rings. The zero-order valence-corrected chi connectivity index (χ0v) is 20.1. The molecule has 0 amide bonds. The number of pyridine rings is 1. The molecular formula is C26H27F3N4O3. The van der Waals surface area contributed by atoms with Crippen LogP contribution in [-0.2, 0) is 16.6 Å². The van der Waals surface area contributed by atoms with E-state index in [2.05, 4.69) is 20.3 Å². The molecule has 2 atom stereocenters. The molecule has 0 bridgehead atoms. The molecule has 190 valence electrons. The van der Waals surface area contributed by atoms with Crippen molar-refractivity contribution in [2.45, 2.75) is 51.8 Å². The maximum absolute atomic E-state index is 13.0. The summed E-state index contributed by atoms with van der Waals surface area (Å²) >= 11 is 0. The van der Waals surface area contributed by atoms with Gasteiger partial charge < -0.3 is 15.5 Å². The summed E-state index contributed by atoms with van der Waals surface area (Å²) in [5, 5.41) is 23.6. The minimum absolute atomic E-state index is 0.170. The Labute approximate surface area is 206 Å². The quantitative estimate of drug-likeness (QED) is 0.412. The van der Waals surface area contributed by atoms with E-state index in [4.69, 9.17) is 0 Å². The molecule has 0 radical (unpaired) electrons. The second-order valence-corrected chi connectivity index (χ2v) is 10.0. The lowest BCUT2D eigenvalue weighted by Crippen LogP contribution is -2.45. The number of aromatic nitrogens is 3. The fraction of sp³-hybridized carbons (Fsp3) is 0.385. The van der Waals surface area contributed by atoms with Crippen LogP contribution < -0.4 is 5.32 Å². The smallest absolute Gasteiger partial charge is 0.433 e. The van der Waals surface area contributed by atoms with Crippen molar-refractivity contribution in [3.05, 3.63) is 65.7 Å². The molecule has 4 rings (SSSR count). The van der Waals surface area contributed by atoms with Crippen molar-refractivity contribution in [3.63, 3.8) is 0 Å². The van der Waals surface area contributed by atoms with Crippen molar-refractivity contribution < 1.29 is 28.2 Å². The minimum Gasteiger partial charge on any atom is -0.481 e.